The number of hydrogen-bond donors (Lipinski definition) is 0. The summed E-state index contributed by atoms with van der Waals surface area (Å²) in [6.45, 7) is 0. The van der Waals surface area contributed by atoms with E-state index in [1.54, 1.807) is 11.3 Å². The smallest absolute Gasteiger partial charge is 0.00145 e. The van der Waals surface area contributed by atoms with Crippen molar-refractivity contribution in [2.45, 2.75) is 0 Å². The van der Waals surface area contributed by atoms with E-state index >= 15 is 0 Å². The summed E-state index contributed by atoms with van der Waals surface area (Å²) in [4.78, 5) is 0. The van der Waals surface area contributed by atoms with Gasteiger partial charge in [-0.25, -0.2) is 0 Å². The van der Waals surface area contributed by atoms with Crippen molar-refractivity contribution in [3.63, 3.8) is 0 Å². The van der Waals surface area contributed by atoms with Gasteiger partial charge in [0.05, 0.1) is 0 Å². The Morgan fingerprint density at radius 3 is 2.05 bits per heavy atom. The van der Waals surface area contributed by atoms with Crippen LogP contribution in [0.2, 0.25) is 0 Å². The van der Waals surface area contributed by atoms with Gasteiger partial charge in [-0.15, -0.1) is 0 Å². The van der Waals surface area contributed by atoms with E-state index in [0.717, 1.165) is 0 Å². The highest BCUT2D eigenvalue weighted by Crippen LogP contribution is 2.49. The van der Waals surface area contributed by atoms with Crippen LogP contribution >= 0.6 is 11.3 Å². The summed E-state index contributed by atoms with van der Waals surface area (Å²) in [6, 6.07) is 22.2. The van der Waals surface area contributed by atoms with Crippen LogP contribution in [0.5, 0.6) is 0 Å². The molecule has 0 amide bonds. The van der Waals surface area contributed by atoms with Crippen molar-refractivity contribution >= 4 is 22.1 Å². The lowest BCUT2D eigenvalue weighted by molar-refractivity contribution is 1.69. The van der Waals surface area contributed by atoms with Crippen LogP contribution in [0.15, 0.2) is 71.4 Å². The minimum absolute atomic E-state index is 1.32. The molecule has 0 saturated heterocycles. The van der Waals surface area contributed by atoms with Crippen LogP contribution in [0.3, 0.4) is 0 Å². The van der Waals surface area contributed by atoms with Crippen LogP contribution in [-0.2, 0) is 0 Å². The molecule has 21 heavy (non-hydrogen) atoms. The van der Waals surface area contributed by atoms with E-state index in [0.29, 0.717) is 0 Å². The van der Waals surface area contributed by atoms with Crippen LogP contribution in [-0.4, -0.2) is 0 Å². The molecule has 0 atom stereocenters. The fourth-order valence-corrected chi connectivity index (χ4v) is 4.13. The lowest BCUT2D eigenvalue weighted by Crippen LogP contribution is -1.81. The molecule has 5 rings (SSSR count). The zero-order valence-electron chi connectivity index (χ0n) is 11.3. The predicted molar refractivity (Wildman–Crippen MR) is 91.7 cm³/mol. The number of thiophene rings is 1. The Bertz CT molecular complexity index is 949. The highest BCUT2D eigenvalue weighted by molar-refractivity contribution is 7.08. The van der Waals surface area contributed by atoms with Crippen LogP contribution in [0, 0.1) is 0 Å². The molecular weight excluding hydrogens is 272 g/mol. The van der Waals surface area contributed by atoms with Gasteiger partial charge in [-0.1, -0.05) is 54.6 Å². The molecule has 0 radical (unpaired) electrons. The molecule has 0 N–H and O–H groups in total. The molecule has 0 bridgehead atoms. The first kappa shape index (κ1) is 11.3. The van der Waals surface area contributed by atoms with Crippen molar-refractivity contribution in [1.29, 1.82) is 0 Å². The van der Waals surface area contributed by atoms with Crippen LogP contribution < -0.4 is 0 Å². The minimum Gasteiger partial charge on any atom is -0.152 e. The molecule has 1 heteroatoms. The van der Waals surface area contributed by atoms with Crippen molar-refractivity contribution < 1.29 is 0 Å². The molecule has 3 aromatic carbocycles. The van der Waals surface area contributed by atoms with Crippen LogP contribution in [0.1, 0.15) is 0 Å². The lowest BCUT2D eigenvalue weighted by Gasteiger charge is -2.08. The maximum atomic E-state index is 2.28. The average Bonchev–Trinajstić information content (AvgIpc) is 3.17. The van der Waals surface area contributed by atoms with Crippen molar-refractivity contribution in [2.24, 2.45) is 0 Å². The first-order chi connectivity index (χ1) is 10.4. The van der Waals surface area contributed by atoms with E-state index < -0.39 is 0 Å². The molecule has 0 saturated carbocycles. The first-order valence-electron chi connectivity index (χ1n) is 7.11. The highest BCUT2D eigenvalue weighted by atomic mass is 32.1. The van der Waals surface area contributed by atoms with Gasteiger partial charge in [0.15, 0.2) is 0 Å². The monoisotopic (exact) mass is 284 g/mol. The summed E-state index contributed by atoms with van der Waals surface area (Å²) in [5.41, 5.74) is 8.12. The molecule has 0 unspecified atom stereocenters. The Balaban J connectivity index is 1.95. The third-order valence-corrected chi connectivity index (χ3v) is 5.06. The van der Waals surface area contributed by atoms with E-state index in [1.807, 2.05) is 0 Å². The fraction of sp³-hybridized carbons (Fsp3) is 0. The SMILES string of the molecule is c1ccc2c(c1)-c1cccc3c(-c4ccsc4)ccc-2c13. The van der Waals surface area contributed by atoms with Gasteiger partial charge in [0.2, 0.25) is 0 Å². The van der Waals surface area contributed by atoms with Gasteiger partial charge in [-0.2, -0.15) is 11.3 Å². The third-order valence-electron chi connectivity index (χ3n) is 4.38. The number of rotatable bonds is 1. The summed E-state index contributed by atoms with van der Waals surface area (Å²) < 4.78 is 0. The predicted octanol–water partition coefficient (Wildman–Crippen LogP) is 6.22. The number of fused-ring (bicyclic) bond motifs is 3. The van der Waals surface area contributed by atoms with E-state index in [1.165, 1.54) is 44.2 Å². The van der Waals surface area contributed by atoms with E-state index in [4.69, 9.17) is 0 Å². The van der Waals surface area contributed by atoms with Crippen molar-refractivity contribution in [3.05, 3.63) is 71.4 Å². The van der Waals surface area contributed by atoms with Crippen LogP contribution in [0.25, 0.3) is 44.2 Å². The van der Waals surface area contributed by atoms with Gasteiger partial charge >= 0.3 is 0 Å². The Morgan fingerprint density at radius 1 is 0.571 bits per heavy atom. The second-order valence-electron chi connectivity index (χ2n) is 5.45. The van der Waals surface area contributed by atoms with E-state index in [-0.39, 0.29) is 0 Å². The van der Waals surface area contributed by atoms with Gasteiger partial charge in [-0.3, -0.25) is 0 Å². The van der Waals surface area contributed by atoms with Crippen molar-refractivity contribution in [3.8, 4) is 33.4 Å². The Kier molecular flexibility index (Phi) is 2.18. The summed E-state index contributed by atoms with van der Waals surface area (Å²) >= 11 is 1.75. The first-order valence-corrected chi connectivity index (χ1v) is 8.06. The van der Waals surface area contributed by atoms with Crippen molar-refractivity contribution in [2.75, 3.05) is 0 Å². The largest absolute Gasteiger partial charge is 0.152 e. The van der Waals surface area contributed by atoms with Gasteiger partial charge in [0.25, 0.3) is 0 Å². The lowest BCUT2D eigenvalue weighted by atomic mass is 9.96. The Hall–Kier alpha value is -2.38. The average molecular weight is 284 g/mol. The number of hydrogen-bond acceptors (Lipinski definition) is 1. The standard InChI is InChI=1S/C20H12S/c1-2-5-16-15(4-1)18-7-3-6-17-14(13-10-11-21-12-13)8-9-19(16)20(17)18/h1-12H. The summed E-state index contributed by atoms with van der Waals surface area (Å²) in [7, 11) is 0. The molecule has 1 heterocycles. The van der Waals surface area contributed by atoms with E-state index in [9.17, 15) is 0 Å². The molecule has 1 aliphatic rings. The van der Waals surface area contributed by atoms with E-state index in [2.05, 4.69) is 71.4 Å². The molecule has 4 aromatic rings. The molecule has 0 fully saturated rings. The molecular formula is C20H12S. The zero-order valence-corrected chi connectivity index (χ0v) is 12.2. The molecule has 0 aliphatic heterocycles. The van der Waals surface area contributed by atoms with Gasteiger partial charge in [0, 0.05) is 0 Å². The Morgan fingerprint density at radius 2 is 1.29 bits per heavy atom. The summed E-state index contributed by atoms with van der Waals surface area (Å²) in [5.74, 6) is 0. The van der Waals surface area contributed by atoms with Gasteiger partial charge < -0.3 is 0 Å². The second kappa shape index (κ2) is 4.06. The van der Waals surface area contributed by atoms with Crippen molar-refractivity contribution in [1.82, 2.24) is 0 Å². The molecule has 0 spiro atoms. The maximum Gasteiger partial charge on any atom is -0.00145 e. The zero-order chi connectivity index (χ0) is 13.8. The molecule has 1 aromatic heterocycles. The molecule has 1 aliphatic carbocycles. The fourth-order valence-electron chi connectivity index (χ4n) is 3.48. The quantitative estimate of drug-likeness (QED) is 0.343. The molecule has 0 nitrogen and oxygen atoms in total. The number of benzene rings is 3. The third kappa shape index (κ3) is 1.44. The van der Waals surface area contributed by atoms with Crippen LogP contribution in [0.4, 0.5) is 0 Å². The normalized spacial score (nSPS) is 11.8. The summed E-state index contributed by atoms with van der Waals surface area (Å²) in [5, 5.41) is 7.14. The van der Waals surface area contributed by atoms with Gasteiger partial charge in [0.1, 0.15) is 0 Å². The van der Waals surface area contributed by atoms with Gasteiger partial charge in [-0.05, 0) is 61.0 Å². The second-order valence-corrected chi connectivity index (χ2v) is 6.23. The maximum absolute atomic E-state index is 2.28. The molecule has 98 valence electrons. The summed E-state index contributed by atoms with van der Waals surface area (Å²) in [6.07, 6.45) is 0. The Labute approximate surface area is 127 Å². The topological polar surface area (TPSA) is 0 Å². The highest BCUT2D eigenvalue weighted by Gasteiger charge is 2.21. The minimum atomic E-state index is 1.32.